The summed E-state index contributed by atoms with van der Waals surface area (Å²) in [6, 6.07) is 6.10. The summed E-state index contributed by atoms with van der Waals surface area (Å²) in [5, 5.41) is 4.03. The number of rotatable bonds is 4. The van der Waals surface area contributed by atoms with Gasteiger partial charge in [0.05, 0.1) is 5.75 Å². The van der Waals surface area contributed by atoms with E-state index in [4.69, 9.17) is 14.0 Å². The van der Waals surface area contributed by atoms with Gasteiger partial charge in [-0.2, -0.15) is 18.2 Å². The SMILES string of the molecule is FC(F)(F)c1cc(SCc2nc(-c3ccc4c(c3)OCO4)no2)ncn1. The zero-order valence-corrected chi connectivity index (χ0v) is 13.7. The predicted molar refractivity (Wildman–Crippen MR) is 82.5 cm³/mol. The molecule has 0 aliphatic carbocycles. The second-order valence-electron chi connectivity index (χ2n) is 5.11. The van der Waals surface area contributed by atoms with Crippen molar-refractivity contribution in [1.29, 1.82) is 0 Å². The number of aromatic nitrogens is 4. The Morgan fingerprint density at radius 1 is 1.08 bits per heavy atom. The maximum Gasteiger partial charge on any atom is 0.433 e. The molecule has 1 aromatic carbocycles. The number of hydrogen-bond donors (Lipinski definition) is 0. The van der Waals surface area contributed by atoms with Crippen LogP contribution >= 0.6 is 11.8 Å². The van der Waals surface area contributed by atoms with E-state index < -0.39 is 11.9 Å². The summed E-state index contributed by atoms with van der Waals surface area (Å²) >= 11 is 1.04. The number of ether oxygens (including phenoxy) is 2. The van der Waals surface area contributed by atoms with E-state index in [0.717, 1.165) is 24.2 Å². The maximum atomic E-state index is 12.7. The summed E-state index contributed by atoms with van der Waals surface area (Å²) in [5.74, 6) is 2.00. The first-order valence-electron chi connectivity index (χ1n) is 7.24. The first-order valence-corrected chi connectivity index (χ1v) is 8.22. The van der Waals surface area contributed by atoms with Crippen LogP contribution in [0.3, 0.4) is 0 Å². The fraction of sp³-hybridized carbons (Fsp3) is 0.200. The highest BCUT2D eigenvalue weighted by molar-refractivity contribution is 7.98. The van der Waals surface area contributed by atoms with Crippen LogP contribution in [0.2, 0.25) is 0 Å². The number of benzene rings is 1. The highest BCUT2D eigenvalue weighted by atomic mass is 32.2. The summed E-state index contributed by atoms with van der Waals surface area (Å²) in [7, 11) is 0. The average Bonchev–Trinajstić information content (AvgIpc) is 3.28. The Labute approximate surface area is 148 Å². The van der Waals surface area contributed by atoms with Crippen LogP contribution < -0.4 is 9.47 Å². The summed E-state index contributed by atoms with van der Waals surface area (Å²) < 4.78 is 53.6. The minimum atomic E-state index is -4.52. The number of thioether (sulfide) groups is 1. The molecule has 26 heavy (non-hydrogen) atoms. The Hall–Kier alpha value is -2.82. The number of halogens is 3. The summed E-state index contributed by atoms with van der Waals surface area (Å²) in [6.07, 6.45) is -3.65. The minimum Gasteiger partial charge on any atom is -0.454 e. The fourth-order valence-electron chi connectivity index (χ4n) is 2.18. The normalized spacial score (nSPS) is 13.2. The van der Waals surface area contributed by atoms with Crippen LogP contribution in [-0.2, 0) is 11.9 Å². The quantitative estimate of drug-likeness (QED) is 0.500. The third-order valence-electron chi connectivity index (χ3n) is 3.37. The molecule has 2 aromatic heterocycles. The molecule has 1 aliphatic rings. The Morgan fingerprint density at radius 3 is 2.77 bits per heavy atom. The van der Waals surface area contributed by atoms with Crippen molar-refractivity contribution in [3.63, 3.8) is 0 Å². The molecule has 0 unspecified atom stereocenters. The van der Waals surface area contributed by atoms with Gasteiger partial charge in [0.25, 0.3) is 0 Å². The molecule has 11 heteroatoms. The molecule has 1 aliphatic heterocycles. The second-order valence-corrected chi connectivity index (χ2v) is 6.10. The van der Waals surface area contributed by atoms with Crippen molar-refractivity contribution in [3.8, 4) is 22.9 Å². The second kappa shape index (κ2) is 6.48. The van der Waals surface area contributed by atoms with Gasteiger partial charge in [0.2, 0.25) is 18.5 Å². The van der Waals surface area contributed by atoms with E-state index in [0.29, 0.717) is 22.9 Å². The van der Waals surface area contributed by atoms with Crippen molar-refractivity contribution in [2.75, 3.05) is 6.79 Å². The summed E-state index contributed by atoms with van der Waals surface area (Å²) in [6.45, 7) is 0.158. The molecule has 0 atom stereocenters. The van der Waals surface area contributed by atoms with Crippen LogP contribution in [-0.4, -0.2) is 26.9 Å². The first-order chi connectivity index (χ1) is 12.5. The Bertz CT molecular complexity index is 948. The van der Waals surface area contributed by atoms with Gasteiger partial charge in [-0.3, -0.25) is 0 Å². The molecular weight excluding hydrogens is 373 g/mol. The van der Waals surface area contributed by atoms with Gasteiger partial charge in [-0.1, -0.05) is 16.9 Å². The van der Waals surface area contributed by atoms with E-state index in [2.05, 4.69) is 20.1 Å². The average molecular weight is 382 g/mol. The van der Waals surface area contributed by atoms with Gasteiger partial charge in [0, 0.05) is 11.6 Å². The maximum absolute atomic E-state index is 12.7. The number of fused-ring (bicyclic) bond motifs is 1. The molecule has 0 spiro atoms. The third-order valence-corrected chi connectivity index (χ3v) is 4.29. The molecule has 0 amide bonds. The predicted octanol–water partition coefficient (Wildman–Crippen LogP) is 3.57. The summed E-state index contributed by atoms with van der Waals surface area (Å²) in [5.41, 5.74) is -0.322. The van der Waals surface area contributed by atoms with Gasteiger partial charge in [-0.05, 0) is 18.2 Å². The highest BCUT2D eigenvalue weighted by Crippen LogP contribution is 2.35. The number of nitrogens with zero attached hydrogens (tertiary/aromatic N) is 4. The van der Waals surface area contributed by atoms with Crippen LogP contribution in [0.15, 0.2) is 40.1 Å². The zero-order valence-electron chi connectivity index (χ0n) is 12.9. The van der Waals surface area contributed by atoms with Crippen molar-refractivity contribution < 1.29 is 27.2 Å². The molecule has 3 heterocycles. The van der Waals surface area contributed by atoms with E-state index >= 15 is 0 Å². The van der Waals surface area contributed by atoms with E-state index in [1.54, 1.807) is 18.2 Å². The first kappa shape index (κ1) is 16.6. The van der Waals surface area contributed by atoms with Crippen molar-refractivity contribution in [3.05, 3.63) is 42.2 Å². The number of hydrogen-bond acceptors (Lipinski definition) is 8. The monoisotopic (exact) mass is 382 g/mol. The third kappa shape index (κ3) is 3.43. The largest absolute Gasteiger partial charge is 0.454 e. The molecular formula is C15H9F3N4O3S. The smallest absolute Gasteiger partial charge is 0.433 e. The van der Waals surface area contributed by atoms with E-state index in [1.807, 2.05) is 0 Å². The van der Waals surface area contributed by atoms with Crippen molar-refractivity contribution >= 4 is 11.8 Å². The number of alkyl halides is 3. The van der Waals surface area contributed by atoms with E-state index in [9.17, 15) is 13.2 Å². The topological polar surface area (TPSA) is 83.2 Å². The molecule has 0 bridgehead atoms. The van der Waals surface area contributed by atoms with Crippen LogP contribution in [0, 0.1) is 0 Å². The van der Waals surface area contributed by atoms with Gasteiger partial charge in [-0.25, -0.2) is 9.97 Å². The van der Waals surface area contributed by atoms with Crippen LogP contribution in [0.5, 0.6) is 11.5 Å². The van der Waals surface area contributed by atoms with Crippen molar-refractivity contribution in [1.82, 2.24) is 20.1 Å². The van der Waals surface area contributed by atoms with Gasteiger partial charge in [0.15, 0.2) is 11.5 Å². The van der Waals surface area contributed by atoms with Gasteiger partial charge < -0.3 is 14.0 Å². The lowest BCUT2D eigenvalue weighted by Crippen LogP contribution is -2.08. The molecule has 3 aromatic rings. The van der Waals surface area contributed by atoms with Gasteiger partial charge in [-0.15, -0.1) is 0 Å². The van der Waals surface area contributed by atoms with E-state index in [1.165, 1.54) is 0 Å². The van der Waals surface area contributed by atoms with Crippen LogP contribution in [0.4, 0.5) is 13.2 Å². The van der Waals surface area contributed by atoms with Crippen molar-refractivity contribution in [2.24, 2.45) is 0 Å². The lowest BCUT2D eigenvalue weighted by molar-refractivity contribution is -0.141. The molecule has 0 N–H and O–H groups in total. The Kier molecular flexibility index (Phi) is 4.15. The zero-order chi connectivity index (χ0) is 18.1. The lowest BCUT2D eigenvalue weighted by atomic mass is 10.2. The molecule has 0 saturated carbocycles. The molecule has 7 nitrogen and oxygen atoms in total. The van der Waals surface area contributed by atoms with Gasteiger partial charge in [0.1, 0.15) is 17.0 Å². The Morgan fingerprint density at radius 2 is 1.92 bits per heavy atom. The molecule has 0 fully saturated rings. The molecule has 4 rings (SSSR count). The Balaban J connectivity index is 1.46. The fourth-order valence-corrected chi connectivity index (χ4v) is 2.88. The lowest BCUT2D eigenvalue weighted by Gasteiger charge is -2.05. The summed E-state index contributed by atoms with van der Waals surface area (Å²) in [4.78, 5) is 11.3. The highest BCUT2D eigenvalue weighted by Gasteiger charge is 2.32. The molecule has 0 radical (unpaired) electrons. The van der Waals surface area contributed by atoms with Crippen LogP contribution in [0.25, 0.3) is 11.4 Å². The standard InChI is InChI=1S/C15H9F3N4O3S/c16-15(17,18)11-4-13(20-6-19-11)26-5-12-21-14(22-25-12)8-1-2-9-10(3-8)24-7-23-9/h1-4,6H,5,7H2. The molecule has 0 saturated heterocycles. The minimum absolute atomic E-state index is 0.158. The van der Waals surface area contributed by atoms with Crippen LogP contribution in [0.1, 0.15) is 11.6 Å². The van der Waals surface area contributed by atoms with Gasteiger partial charge >= 0.3 is 6.18 Å². The van der Waals surface area contributed by atoms with E-state index in [-0.39, 0.29) is 23.5 Å². The van der Waals surface area contributed by atoms with Crippen molar-refractivity contribution in [2.45, 2.75) is 17.0 Å². The molecule has 134 valence electrons.